The van der Waals surface area contributed by atoms with E-state index in [1.54, 1.807) is 34.8 Å². The van der Waals surface area contributed by atoms with Gasteiger partial charge in [0.1, 0.15) is 11.2 Å². The van der Waals surface area contributed by atoms with Gasteiger partial charge < -0.3 is 10.3 Å². The summed E-state index contributed by atoms with van der Waals surface area (Å²) in [5.74, 6) is -0.397. The van der Waals surface area contributed by atoms with Crippen LogP contribution in [0.3, 0.4) is 0 Å². The number of rotatable bonds is 2. The number of nitrogens with zero attached hydrogens (tertiary/aromatic N) is 2. The van der Waals surface area contributed by atoms with Crippen molar-refractivity contribution in [2.45, 2.75) is 6.92 Å². The summed E-state index contributed by atoms with van der Waals surface area (Å²) in [6.07, 6.45) is 1.43. The monoisotopic (exact) mass is 352 g/mol. The third-order valence-electron chi connectivity index (χ3n) is 4.00. The van der Waals surface area contributed by atoms with Gasteiger partial charge in [-0.15, -0.1) is 0 Å². The molecule has 4 aromatic rings. The van der Waals surface area contributed by atoms with E-state index >= 15 is 0 Å². The first kappa shape index (κ1) is 15.4. The zero-order valence-corrected chi connectivity index (χ0v) is 14.0. The standard InChI is InChI=1S/C18H13ClN4O2/c1-10-6-7-14(13(19)8-10)21-18(25)12-9-20-23-15-5-3-2-4-11(15)17(24)22-16(12)23/h2-9H,1H3,(H,21,25)(H,22,24). The van der Waals surface area contributed by atoms with Gasteiger partial charge in [0, 0.05) is 0 Å². The lowest BCUT2D eigenvalue weighted by Crippen LogP contribution is -2.15. The van der Waals surface area contributed by atoms with Gasteiger partial charge in [0.05, 0.1) is 27.8 Å². The number of hydrogen-bond acceptors (Lipinski definition) is 3. The maximum atomic E-state index is 12.6. The fourth-order valence-corrected chi connectivity index (χ4v) is 3.04. The Morgan fingerprint density at radius 1 is 1.24 bits per heavy atom. The van der Waals surface area contributed by atoms with Crippen LogP contribution < -0.4 is 10.9 Å². The van der Waals surface area contributed by atoms with E-state index in [-0.39, 0.29) is 11.1 Å². The summed E-state index contributed by atoms with van der Waals surface area (Å²) in [6.45, 7) is 1.92. The van der Waals surface area contributed by atoms with Crippen LogP contribution >= 0.6 is 11.6 Å². The van der Waals surface area contributed by atoms with E-state index < -0.39 is 5.91 Å². The van der Waals surface area contributed by atoms with Crippen LogP contribution in [0.5, 0.6) is 0 Å². The zero-order chi connectivity index (χ0) is 17.6. The van der Waals surface area contributed by atoms with Gasteiger partial charge in [-0.3, -0.25) is 9.59 Å². The highest BCUT2D eigenvalue weighted by atomic mass is 35.5. The number of aromatic amines is 1. The SMILES string of the molecule is Cc1ccc(NC(=O)c2cnn3c2[nH]c(=O)c2ccccc23)c(Cl)c1. The number of aromatic nitrogens is 3. The lowest BCUT2D eigenvalue weighted by molar-refractivity contribution is 0.102. The number of para-hydroxylation sites is 1. The van der Waals surface area contributed by atoms with E-state index in [0.717, 1.165) is 5.56 Å². The first-order valence-corrected chi connectivity index (χ1v) is 7.98. The van der Waals surface area contributed by atoms with Gasteiger partial charge in [-0.25, -0.2) is 4.52 Å². The second kappa shape index (κ2) is 5.75. The maximum absolute atomic E-state index is 12.6. The fraction of sp³-hybridized carbons (Fsp3) is 0.0556. The van der Waals surface area contributed by atoms with Crippen LogP contribution in [0.25, 0.3) is 16.6 Å². The van der Waals surface area contributed by atoms with Crippen molar-refractivity contribution < 1.29 is 4.79 Å². The molecule has 0 radical (unpaired) electrons. The van der Waals surface area contributed by atoms with Crippen molar-refractivity contribution in [2.24, 2.45) is 0 Å². The number of carbonyl (C=O) groups excluding carboxylic acids is 1. The Morgan fingerprint density at radius 2 is 2.04 bits per heavy atom. The van der Waals surface area contributed by atoms with Crippen LogP contribution in [0, 0.1) is 6.92 Å². The molecule has 0 atom stereocenters. The second-order valence-electron chi connectivity index (χ2n) is 5.73. The van der Waals surface area contributed by atoms with E-state index in [1.165, 1.54) is 6.20 Å². The Kier molecular flexibility index (Phi) is 3.54. The molecule has 0 aliphatic rings. The molecule has 0 saturated heterocycles. The molecule has 0 spiro atoms. The van der Waals surface area contributed by atoms with E-state index in [9.17, 15) is 9.59 Å². The topological polar surface area (TPSA) is 79.3 Å². The highest BCUT2D eigenvalue weighted by Gasteiger charge is 2.17. The van der Waals surface area contributed by atoms with Crippen molar-refractivity contribution in [1.82, 2.24) is 14.6 Å². The Morgan fingerprint density at radius 3 is 2.84 bits per heavy atom. The van der Waals surface area contributed by atoms with E-state index in [1.807, 2.05) is 19.1 Å². The minimum atomic E-state index is -0.397. The molecule has 2 aromatic heterocycles. The average molecular weight is 353 g/mol. The smallest absolute Gasteiger partial charge is 0.261 e. The molecule has 1 amide bonds. The van der Waals surface area contributed by atoms with Crippen molar-refractivity contribution in [3.63, 3.8) is 0 Å². The van der Waals surface area contributed by atoms with Crippen molar-refractivity contribution in [2.75, 3.05) is 5.32 Å². The fourth-order valence-electron chi connectivity index (χ4n) is 2.75. The Hall–Kier alpha value is -3.12. The van der Waals surface area contributed by atoms with E-state index in [0.29, 0.717) is 27.3 Å². The van der Waals surface area contributed by atoms with Gasteiger partial charge in [0.2, 0.25) is 0 Å². The van der Waals surface area contributed by atoms with E-state index in [2.05, 4.69) is 15.4 Å². The van der Waals surface area contributed by atoms with Gasteiger partial charge in [0.25, 0.3) is 11.5 Å². The molecule has 0 saturated carbocycles. The van der Waals surface area contributed by atoms with Crippen molar-refractivity contribution in [3.05, 3.63) is 75.2 Å². The molecule has 0 unspecified atom stereocenters. The second-order valence-corrected chi connectivity index (χ2v) is 6.13. The number of aryl methyl sites for hydroxylation is 1. The summed E-state index contributed by atoms with van der Waals surface area (Å²) in [4.78, 5) is 27.6. The lowest BCUT2D eigenvalue weighted by Gasteiger charge is -2.07. The van der Waals surface area contributed by atoms with Crippen molar-refractivity contribution in [1.29, 1.82) is 0 Å². The molecule has 7 heteroatoms. The summed E-state index contributed by atoms with van der Waals surface area (Å²) < 4.78 is 1.54. The van der Waals surface area contributed by atoms with Gasteiger partial charge >= 0.3 is 0 Å². The number of H-pyrrole nitrogens is 1. The summed E-state index contributed by atoms with van der Waals surface area (Å²) in [7, 11) is 0. The molecule has 0 aliphatic heterocycles. The van der Waals surface area contributed by atoms with Crippen LogP contribution in [0.1, 0.15) is 15.9 Å². The molecular weight excluding hydrogens is 340 g/mol. The number of benzene rings is 2. The first-order valence-electron chi connectivity index (χ1n) is 7.61. The minimum absolute atomic E-state index is 0.263. The van der Waals surface area contributed by atoms with Gasteiger partial charge in [-0.1, -0.05) is 29.8 Å². The van der Waals surface area contributed by atoms with Crippen LogP contribution in [0.2, 0.25) is 5.02 Å². The molecule has 124 valence electrons. The molecule has 2 aromatic carbocycles. The number of hydrogen-bond donors (Lipinski definition) is 2. The number of nitrogens with one attached hydrogen (secondary N) is 2. The molecular formula is C18H13ClN4O2. The predicted molar refractivity (Wildman–Crippen MR) is 97.5 cm³/mol. The van der Waals surface area contributed by atoms with Crippen molar-refractivity contribution in [3.8, 4) is 0 Å². The first-order chi connectivity index (χ1) is 12.0. The molecule has 2 heterocycles. The largest absolute Gasteiger partial charge is 0.320 e. The number of amides is 1. The predicted octanol–water partition coefficient (Wildman–Crippen LogP) is 3.39. The number of fused-ring (bicyclic) bond motifs is 3. The van der Waals surface area contributed by atoms with E-state index in [4.69, 9.17) is 11.6 Å². The highest BCUT2D eigenvalue weighted by molar-refractivity contribution is 6.34. The summed E-state index contributed by atoms with van der Waals surface area (Å²) in [6, 6.07) is 12.4. The normalized spacial score (nSPS) is 11.1. The molecule has 4 rings (SSSR count). The number of halogens is 1. The minimum Gasteiger partial charge on any atom is -0.320 e. The quantitative estimate of drug-likeness (QED) is 0.580. The molecule has 0 bridgehead atoms. The average Bonchev–Trinajstić information content (AvgIpc) is 3.01. The van der Waals surface area contributed by atoms with Crippen molar-refractivity contribution >= 4 is 39.7 Å². The number of carbonyl (C=O) groups is 1. The third-order valence-corrected chi connectivity index (χ3v) is 4.31. The third kappa shape index (κ3) is 2.56. The summed E-state index contributed by atoms with van der Waals surface area (Å²) >= 11 is 6.16. The van der Waals surface area contributed by atoms with Gasteiger partial charge in [-0.2, -0.15) is 5.10 Å². The molecule has 25 heavy (non-hydrogen) atoms. The zero-order valence-electron chi connectivity index (χ0n) is 13.2. The van der Waals surface area contributed by atoms with Gasteiger partial charge in [0.15, 0.2) is 0 Å². The molecule has 6 nitrogen and oxygen atoms in total. The lowest BCUT2D eigenvalue weighted by atomic mass is 10.2. The maximum Gasteiger partial charge on any atom is 0.261 e. The Bertz CT molecular complexity index is 1190. The Labute approximate surface area is 147 Å². The van der Waals surface area contributed by atoms with Crippen LogP contribution in [-0.4, -0.2) is 20.5 Å². The van der Waals surface area contributed by atoms with Crippen LogP contribution in [0.4, 0.5) is 5.69 Å². The van der Waals surface area contributed by atoms with Crippen LogP contribution in [0.15, 0.2) is 53.5 Å². The van der Waals surface area contributed by atoms with Gasteiger partial charge in [-0.05, 0) is 36.8 Å². The molecule has 0 fully saturated rings. The molecule has 0 aliphatic carbocycles. The summed E-state index contributed by atoms with van der Waals surface area (Å²) in [5, 5.41) is 7.95. The number of anilines is 1. The summed E-state index contributed by atoms with van der Waals surface area (Å²) in [5.41, 5.74) is 2.46. The Balaban J connectivity index is 1.81. The molecule has 2 N–H and O–H groups in total. The van der Waals surface area contributed by atoms with Crippen LogP contribution in [-0.2, 0) is 0 Å². The highest BCUT2D eigenvalue weighted by Crippen LogP contribution is 2.24.